The lowest BCUT2D eigenvalue weighted by molar-refractivity contribution is 0.352. The van der Waals surface area contributed by atoms with Crippen LogP contribution in [0.3, 0.4) is 0 Å². The fraction of sp³-hybridized carbons (Fsp3) is 0.375. The normalized spacial score (nSPS) is 17.6. The average Bonchev–Trinajstić information content (AvgIpc) is 2.99. The Morgan fingerprint density at radius 2 is 2.05 bits per heavy atom. The number of fused-ring (bicyclic) bond motifs is 1. The number of hydrogen-bond acceptors (Lipinski definition) is 4. The maximum absolute atomic E-state index is 5.44. The highest BCUT2D eigenvalue weighted by molar-refractivity contribution is 7.07. The van der Waals surface area contributed by atoms with E-state index in [0.29, 0.717) is 6.04 Å². The number of hydrogen-bond donors (Lipinski definition) is 1. The SMILES string of the molecule is COc1cc2c(cc1OC)C(Cc1ccsc1)NCC2. The minimum Gasteiger partial charge on any atom is -0.493 e. The van der Waals surface area contributed by atoms with Crippen LogP contribution in [0.1, 0.15) is 22.7 Å². The first kappa shape index (κ1) is 13.5. The Morgan fingerprint density at radius 3 is 2.75 bits per heavy atom. The third kappa shape index (κ3) is 2.53. The van der Waals surface area contributed by atoms with Crippen LogP contribution in [-0.2, 0) is 12.8 Å². The topological polar surface area (TPSA) is 30.5 Å². The van der Waals surface area contributed by atoms with Gasteiger partial charge in [0.1, 0.15) is 0 Å². The maximum Gasteiger partial charge on any atom is 0.161 e. The van der Waals surface area contributed by atoms with Gasteiger partial charge >= 0.3 is 0 Å². The average molecular weight is 289 g/mol. The monoisotopic (exact) mass is 289 g/mol. The van der Waals surface area contributed by atoms with Gasteiger partial charge in [-0.25, -0.2) is 0 Å². The summed E-state index contributed by atoms with van der Waals surface area (Å²) in [7, 11) is 3.38. The van der Waals surface area contributed by atoms with Crippen LogP contribution in [0.2, 0.25) is 0 Å². The molecule has 0 saturated carbocycles. The van der Waals surface area contributed by atoms with Gasteiger partial charge in [0, 0.05) is 6.04 Å². The first-order valence-electron chi connectivity index (χ1n) is 6.81. The summed E-state index contributed by atoms with van der Waals surface area (Å²) < 4.78 is 10.8. The first-order valence-corrected chi connectivity index (χ1v) is 7.75. The van der Waals surface area contributed by atoms with Gasteiger partial charge in [-0.1, -0.05) is 0 Å². The molecule has 1 aliphatic rings. The van der Waals surface area contributed by atoms with Crippen molar-refractivity contribution in [3.05, 3.63) is 45.6 Å². The Hall–Kier alpha value is -1.52. The van der Waals surface area contributed by atoms with Crippen LogP contribution in [0.4, 0.5) is 0 Å². The molecule has 0 spiro atoms. The summed E-state index contributed by atoms with van der Waals surface area (Å²) >= 11 is 1.75. The van der Waals surface area contributed by atoms with E-state index in [1.165, 1.54) is 16.7 Å². The van der Waals surface area contributed by atoms with Crippen LogP contribution in [-0.4, -0.2) is 20.8 Å². The van der Waals surface area contributed by atoms with Gasteiger partial charge in [0.05, 0.1) is 14.2 Å². The van der Waals surface area contributed by atoms with Gasteiger partial charge in [-0.2, -0.15) is 11.3 Å². The molecule has 4 heteroatoms. The minimum absolute atomic E-state index is 0.355. The summed E-state index contributed by atoms with van der Waals surface area (Å²) in [6, 6.07) is 6.79. The largest absolute Gasteiger partial charge is 0.493 e. The minimum atomic E-state index is 0.355. The van der Waals surface area contributed by atoms with Crippen molar-refractivity contribution in [3.63, 3.8) is 0 Å². The second kappa shape index (κ2) is 5.85. The first-order chi connectivity index (χ1) is 9.81. The molecule has 1 aromatic carbocycles. The van der Waals surface area contributed by atoms with Crippen molar-refractivity contribution >= 4 is 11.3 Å². The zero-order valence-electron chi connectivity index (χ0n) is 11.8. The summed E-state index contributed by atoms with van der Waals surface area (Å²) in [5, 5.41) is 7.96. The third-order valence-corrected chi connectivity index (χ3v) is 4.56. The molecule has 0 aliphatic carbocycles. The number of benzene rings is 1. The maximum atomic E-state index is 5.44. The number of ether oxygens (including phenoxy) is 2. The predicted octanol–water partition coefficient (Wildman–Crippen LogP) is 3.19. The van der Waals surface area contributed by atoms with Crippen LogP contribution in [0.25, 0.3) is 0 Å². The van der Waals surface area contributed by atoms with Crippen LogP contribution < -0.4 is 14.8 Å². The molecule has 0 radical (unpaired) electrons. The molecule has 3 rings (SSSR count). The van der Waals surface area contributed by atoms with Crippen LogP contribution in [0, 0.1) is 0 Å². The predicted molar refractivity (Wildman–Crippen MR) is 82.0 cm³/mol. The molecule has 1 aromatic heterocycles. The molecule has 0 fully saturated rings. The molecule has 1 N–H and O–H groups in total. The lowest BCUT2D eigenvalue weighted by Gasteiger charge is -2.28. The Kier molecular flexibility index (Phi) is 3.94. The van der Waals surface area contributed by atoms with Crippen molar-refractivity contribution < 1.29 is 9.47 Å². The van der Waals surface area contributed by atoms with Gasteiger partial charge in [-0.3, -0.25) is 0 Å². The summed E-state index contributed by atoms with van der Waals surface area (Å²) in [6.45, 7) is 1.01. The molecular formula is C16H19NO2S. The van der Waals surface area contributed by atoms with E-state index in [1.54, 1.807) is 25.6 Å². The van der Waals surface area contributed by atoms with E-state index in [4.69, 9.17) is 9.47 Å². The van der Waals surface area contributed by atoms with E-state index in [1.807, 2.05) is 0 Å². The molecule has 20 heavy (non-hydrogen) atoms. The summed E-state index contributed by atoms with van der Waals surface area (Å²) in [4.78, 5) is 0. The Labute approximate surface area is 123 Å². The van der Waals surface area contributed by atoms with Crippen molar-refractivity contribution in [2.24, 2.45) is 0 Å². The molecule has 2 aromatic rings. The molecule has 0 amide bonds. The molecule has 106 valence electrons. The molecule has 0 bridgehead atoms. The van der Waals surface area contributed by atoms with Gasteiger partial charge in [0.25, 0.3) is 0 Å². The highest BCUT2D eigenvalue weighted by Crippen LogP contribution is 2.36. The zero-order valence-corrected chi connectivity index (χ0v) is 12.6. The van der Waals surface area contributed by atoms with Crippen molar-refractivity contribution in [2.75, 3.05) is 20.8 Å². The molecule has 1 atom stereocenters. The van der Waals surface area contributed by atoms with E-state index >= 15 is 0 Å². The number of thiophene rings is 1. The van der Waals surface area contributed by atoms with Crippen LogP contribution >= 0.6 is 11.3 Å². The molecule has 1 unspecified atom stereocenters. The summed E-state index contributed by atoms with van der Waals surface area (Å²) in [6.07, 6.45) is 2.06. The Balaban J connectivity index is 1.94. The highest BCUT2D eigenvalue weighted by Gasteiger charge is 2.22. The third-order valence-electron chi connectivity index (χ3n) is 3.83. The van der Waals surface area contributed by atoms with E-state index < -0.39 is 0 Å². The van der Waals surface area contributed by atoms with Gasteiger partial charge in [0.2, 0.25) is 0 Å². The van der Waals surface area contributed by atoms with Crippen molar-refractivity contribution in [1.29, 1.82) is 0 Å². The van der Waals surface area contributed by atoms with E-state index in [9.17, 15) is 0 Å². The van der Waals surface area contributed by atoms with E-state index in [2.05, 4.69) is 34.3 Å². The molecular weight excluding hydrogens is 270 g/mol. The number of rotatable bonds is 4. The van der Waals surface area contributed by atoms with Crippen molar-refractivity contribution in [2.45, 2.75) is 18.9 Å². The smallest absolute Gasteiger partial charge is 0.161 e. The second-order valence-electron chi connectivity index (χ2n) is 5.00. The number of nitrogens with one attached hydrogen (secondary N) is 1. The lowest BCUT2D eigenvalue weighted by Crippen LogP contribution is -2.31. The van der Waals surface area contributed by atoms with E-state index in [0.717, 1.165) is 30.9 Å². The summed E-state index contributed by atoms with van der Waals surface area (Å²) in [5.41, 5.74) is 4.08. The molecule has 1 aliphatic heterocycles. The van der Waals surface area contributed by atoms with Gasteiger partial charge in [-0.15, -0.1) is 0 Å². The van der Waals surface area contributed by atoms with Crippen molar-refractivity contribution in [3.8, 4) is 11.5 Å². The van der Waals surface area contributed by atoms with Gasteiger partial charge < -0.3 is 14.8 Å². The van der Waals surface area contributed by atoms with Crippen LogP contribution in [0.15, 0.2) is 29.0 Å². The summed E-state index contributed by atoms with van der Waals surface area (Å²) in [5.74, 6) is 1.63. The van der Waals surface area contributed by atoms with Gasteiger partial charge in [0.15, 0.2) is 11.5 Å². The fourth-order valence-corrected chi connectivity index (χ4v) is 3.48. The fourth-order valence-electron chi connectivity index (χ4n) is 2.80. The highest BCUT2D eigenvalue weighted by atomic mass is 32.1. The zero-order chi connectivity index (χ0) is 13.9. The standard InChI is InChI=1S/C16H19NO2S/c1-18-15-8-12-3-5-17-14(7-11-4-6-20-10-11)13(12)9-16(15)19-2/h4,6,8-10,14,17H,3,5,7H2,1-2H3. The molecule has 0 saturated heterocycles. The lowest BCUT2D eigenvalue weighted by atomic mass is 9.90. The quantitative estimate of drug-likeness (QED) is 0.937. The van der Waals surface area contributed by atoms with E-state index in [-0.39, 0.29) is 0 Å². The van der Waals surface area contributed by atoms with Crippen molar-refractivity contribution in [1.82, 2.24) is 5.32 Å². The second-order valence-corrected chi connectivity index (χ2v) is 5.78. The Bertz CT molecular complexity index is 580. The molecule has 2 heterocycles. The number of methoxy groups -OCH3 is 2. The van der Waals surface area contributed by atoms with Gasteiger partial charge in [-0.05, 0) is 65.0 Å². The molecule has 3 nitrogen and oxygen atoms in total. The van der Waals surface area contributed by atoms with Crippen LogP contribution in [0.5, 0.6) is 11.5 Å². The Morgan fingerprint density at radius 1 is 1.25 bits per heavy atom.